The summed E-state index contributed by atoms with van der Waals surface area (Å²) in [7, 11) is 1.86. The molecule has 2 rings (SSSR count). The van der Waals surface area contributed by atoms with Crippen molar-refractivity contribution in [1.29, 1.82) is 0 Å². The molecule has 1 fully saturated rings. The molecule has 88 valence electrons. The summed E-state index contributed by atoms with van der Waals surface area (Å²) in [4.78, 5) is 4.16. The highest BCUT2D eigenvalue weighted by molar-refractivity contribution is 5.51. The molecule has 0 aliphatic heterocycles. The van der Waals surface area contributed by atoms with E-state index in [9.17, 15) is 0 Å². The van der Waals surface area contributed by atoms with Crippen molar-refractivity contribution in [3.63, 3.8) is 0 Å². The summed E-state index contributed by atoms with van der Waals surface area (Å²) in [6.07, 6.45) is 5.15. The van der Waals surface area contributed by atoms with Gasteiger partial charge in [-0.3, -0.25) is 0 Å². The van der Waals surface area contributed by atoms with Crippen LogP contribution in [0.1, 0.15) is 19.3 Å². The molecule has 1 saturated carbocycles. The van der Waals surface area contributed by atoms with E-state index >= 15 is 0 Å². The number of aliphatic hydroxyl groups is 1. The maximum atomic E-state index is 8.97. The number of rotatable bonds is 6. The second-order valence-corrected chi connectivity index (χ2v) is 4.51. The van der Waals surface area contributed by atoms with Gasteiger partial charge >= 0.3 is 0 Å². The van der Waals surface area contributed by atoms with Crippen LogP contribution in [0.4, 0.5) is 11.5 Å². The van der Waals surface area contributed by atoms with Crippen LogP contribution in [0.3, 0.4) is 0 Å². The van der Waals surface area contributed by atoms with Crippen LogP contribution in [0.25, 0.3) is 0 Å². The van der Waals surface area contributed by atoms with E-state index in [0.717, 1.165) is 24.5 Å². The molecule has 0 atom stereocenters. The first-order valence-electron chi connectivity index (χ1n) is 5.77. The van der Waals surface area contributed by atoms with Crippen molar-refractivity contribution in [2.75, 3.05) is 30.8 Å². The van der Waals surface area contributed by atoms with Gasteiger partial charge in [0, 0.05) is 38.1 Å². The van der Waals surface area contributed by atoms with Gasteiger partial charge in [-0.2, -0.15) is 0 Å². The van der Waals surface area contributed by atoms with E-state index in [1.807, 2.05) is 19.2 Å². The third-order valence-electron chi connectivity index (χ3n) is 3.28. The van der Waals surface area contributed by atoms with Crippen molar-refractivity contribution in [3.8, 4) is 0 Å². The van der Waals surface area contributed by atoms with Crippen molar-refractivity contribution in [1.82, 2.24) is 4.98 Å². The molecule has 1 aliphatic carbocycles. The minimum Gasteiger partial charge on any atom is -0.396 e. The Morgan fingerprint density at radius 3 is 2.94 bits per heavy atom. The highest BCUT2D eigenvalue weighted by Crippen LogP contribution is 2.48. The summed E-state index contributed by atoms with van der Waals surface area (Å²) in [6, 6.07) is 3.96. The molecule has 1 aliphatic rings. The lowest BCUT2D eigenvalue weighted by molar-refractivity contribution is 0.253. The normalized spacial score (nSPS) is 16.9. The summed E-state index contributed by atoms with van der Waals surface area (Å²) >= 11 is 0. The van der Waals surface area contributed by atoms with Gasteiger partial charge in [0.05, 0.1) is 0 Å². The number of aromatic nitrogens is 1. The Balaban J connectivity index is 1.89. The van der Waals surface area contributed by atoms with Crippen LogP contribution in [0.5, 0.6) is 0 Å². The molecule has 4 nitrogen and oxygen atoms in total. The molecular weight excluding hydrogens is 202 g/mol. The van der Waals surface area contributed by atoms with E-state index in [2.05, 4.69) is 15.6 Å². The third-order valence-corrected chi connectivity index (χ3v) is 3.28. The van der Waals surface area contributed by atoms with Crippen molar-refractivity contribution in [2.45, 2.75) is 19.3 Å². The van der Waals surface area contributed by atoms with Crippen LogP contribution in [0.15, 0.2) is 18.3 Å². The predicted molar refractivity (Wildman–Crippen MR) is 65.6 cm³/mol. The Labute approximate surface area is 96.1 Å². The van der Waals surface area contributed by atoms with Crippen molar-refractivity contribution >= 4 is 11.5 Å². The predicted octanol–water partition coefficient (Wildman–Crippen LogP) is 1.70. The highest BCUT2D eigenvalue weighted by atomic mass is 16.3. The number of pyridine rings is 1. The van der Waals surface area contributed by atoms with Gasteiger partial charge in [0.2, 0.25) is 0 Å². The first-order valence-corrected chi connectivity index (χ1v) is 5.77. The zero-order valence-corrected chi connectivity index (χ0v) is 9.66. The SMILES string of the molecule is CNc1cc(NCC2(CCO)CC2)ccn1. The molecule has 0 saturated heterocycles. The molecule has 1 aromatic heterocycles. The fraction of sp³-hybridized carbons (Fsp3) is 0.583. The van der Waals surface area contributed by atoms with Gasteiger partial charge in [0.1, 0.15) is 5.82 Å². The van der Waals surface area contributed by atoms with Gasteiger partial charge in [0.25, 0.3) is 0 Å². The standard InChI is InChI=1S/C12H19N3O/c1-13-11-8-10(2-6-14-11)15-9-12(3-4-12)5-7-16/h2,6,8,16H,3-5,7,9H2,1H3,(H2,13,14,15). The molecule has 4 heteroatoms. The van der Waals surface area contributed by atoms with Gasteiger partial charge in [-0.25, -0.2) is 4.98 Å². The molecule has 0 radical (unpaired) electrons. The zero-order chi connectivity index (χ0) is 11.4. The Morgan fingerprint density at radius 1 is 1.50 bits per heavy atom. The van der Waals surface area contributed by atoms with Crippen molar-refractivity contribution in [3.05, 3.63) is 18.3 Å². The van der Waals surface area contributed by atoms with E-state index < -0.39 is 0 Å². The molecular formula is C12H19N3O. The maximum Gasteiger partial charge on any atom is 0.127 e. The summed E-state index contributed by atoms with van der Waals surface area (Å²) in [5.41, 5.74) is 1.43. The minimum atomic E-state index is 0.291. The first-order chi connectivity index (χ1) is 7.78. The molecule has 0 aromatic carbocycles. The third kappa shape index (κ3) is 2.64. The number of nitrogens with zero attached hydrogens (tertiary/aromatic N) is 1. The monoisotopic (exact) mass is 221 g/mol. The lowest BCUT2D eigenvalue weighted by Gasteiger charge is -2.15. The van der Waals surface area contributed by atoms with Gasteiger partial charge in [0.15, 0.2) is 0 Å². The topological polar surface area (TPSA) is 57.2 Å². The summed E-state index contributed by atoms with van der Waals surface area (Å²) in [5, 5.41) is 15.4. The Kier molecular flexibility index (Phi) is 3.29. The van der Waals surface area contributed by atoms with E-state index in [1.54, 1.807) is 6.20 Å². The number of anilines is 2. The van der Waals surface area contributed by atoms with Crippen LogP contribution in [-0.2, 0) is 0 Å². The Bertz CT molecular complexity index is 350. The van der Waals surface area contributed by atoms with Crippen molar-refractivity contribution < 1.29 is 5.11 Å². The van der Waals surface area contributed by atoms with Gasteiger partial charge in [-0.15, -0.1) is 0 Å². The summed E-state index contributed by atoms with van der Waals surface area (Å²) < 4.78 is 0. The lowest BCUT2D eigenvalue weighted by Crippen LogP contribution is -2.16. The smallest absolute Gasteiger partial charge is 0.127 e. The molecule has 0 unspecified atom stereocenters. The number of hydrogen-bond acceptors (Lipinski definition) is 4. The zero-order valence-electron chi connectivity index (χ0n) is 9.66. The Hall–Kier alpha value is -1.29. The second kappa shape index (κ2) is 4.70. The number of nitrogens with one attached hydrogen (secondary N) is 2. The largest absolute Gasteiger partial charge is 0.396 e. The molecule has 3 N–H and O–H groups in total. The van der Waals surface area contributed by atoms with E-state index in [0.29, 0.717) is 12.0 Å². The average molecular weight is 221 g/mol. The summed E-state index contributed by atoms with van der Waals surface area (Å²) in [6.45, 7) is 1.24. The van der Waals surface area contributed by atoms with Gasteiger partial charge in [-0.1, -0.05) is 0 Å². The van der Waals surface area contributed by atoms with Crippen LogP contribution in [0.2, 0.25) is 0 Å². The van der Waals surface area contributed by atoms with E-state index in [4.69, 9.17) is 5.11 Å². The van der Waals surface area contributed by atoms with E-state index in [-0.39, 0.29) is 0 Å². The Morgan fingerprint density at radius 2 is 2.31 bits per heavy atom. The van der Waals surface area contributed by atoms with Crippen LogP contribution < -0.4 is 10.6 Å². The number of aliphatic hydroxyl groups excluding tert-OH is 1. The lowest BCUT2D eigenvalue weighted by atomic mass is 10.0. The van der Waals surface area contributed by atoms with Gasteiger partial charge in [-0.05, 0) is 30.7 Å². The molecule has 0 spiro atoms. The highest BCUT2D eigenvalue weighted by Gasteiger charge is 2.41. The quantitative estimate of drug-likeness (QED) is 0.684. The molecule has 0 bridgehead atoms. The van der Waals surface area contributed by atoms with Crippen molar-refractivity contribution in [2.24, 2.45) is 5.41 Å². The molecule has 1 aromatic rings. The van der Waals surface area contributed by atoms with Gasteiger partial charge < -0.3 is 15.7 Å². The maximum absolute atomic E-state index is 8.97. The van der Waals surface area contributed by atoms with Crippen LogP contribution in [-0.4, -0.2) is 30.3 Å². The van der Waals surface area contributed by atoms with E-state index in [1.165, 1.54) is 12.8 Å². The average Bonchev–Trinajstić information content (AvgIpc) is 3.08. The van der Waals surface area contributed by atoms with Crippen LogP contribution in [0, 0.1) is 5.41 Å². The fourth-order valence-electron chi connectivity index (χ4n) is 1.90. The second-order valence-electron chi connectivity index (χ2n) is 4.51. The molecule has 0 amide bonds. The first kappa shape index (κ1) is 11.2. The van der Waals surface area contributed by atoms with Crippen LogP contribution >= 0.6 is 0 Å². The fourth-order valence-corrected chi connectivity index (χ4v) is 1.90. The molecule has 1 heterocycles. The molecule has 16 heavy (non-hydrogen) atoms. The number of hydrogen-bond donors (Lipinski definition) is 3. The minimum absolute atomic E-state index is 0.291. The summed E-state index contributed by atoms with van der Waals surface area (Å²) in [5.74, 6) is 0.872.